The van der Waals surface area contributed by atoms with Crippen LogP contribution in [0.15, 0.2) is 219 Å². The van der Waals surface area contributed by atoms with Crippen molar-refractivity contribution in [3.63, 3.8) is 0 Å². The molecule has 0 saturated carbocycles. The number of rotatable bonds is 7. The molecular weight excluding hydrogens is 773 g/mol. The molecule has 12 rings (SSSR count). The molecule has 4 nitrogen and oxygen atoms in total. The van der Waals surface area contributed by atoms with Crippen molar-refractivity contribution in [1.29, 1.82) is 0 Å². The van der Waals surface area contributed by atoms with Gasteiger partial charge in [0.15, 0.2) is 17.5 Å². The van der Waals surface area contributed by atoms with Crippen LogP contribution in [0.4, 0.5) is 0 Å². The zero-order valence-corrected chi connectivity index (χ0v) is 34.3. The van der Waals surface area contributed by atoms with Crippen molar-refractivity contribution in [2.75, 3.05) is 0 Å². The van der Waals surface area contributed by atoms with Gasteiger partial charge >= 0.3 is 0 Å². The predicted octanol–water partition coefficient (Wildman–Crippen LogP) is 14.3. The fourth-order valence-corrected chi connectivity index (χ4v) is 10.8. The van der Waals surface area contributed by atoms with Crippen molar-refractivity contribution in [2.45, 2.75) is 5.41 Å². The fraction of sp³-hybridized carbons (Fsp3) is 0.0175. The van der Waals surface area contributed by atoms with Gasteiger partial charge in [0, 0.05) is 38.5 Å². The quantitative estimate of drug-likeness (QED) is 0.161. The summed E-state index contributed by atoms with van der Waals surface area (Å²) in [4.78, 5) is 20.6. The SMILES string of the molecule is c1ccc(-c2nc(-c3ccccc3)nc(-c3cc(-c4cccc5c4-c4ccccc4C5(c4ccccc4)c4ccccc4)ccc3-c3ccnc4c3sc3ccccc34)n2)cc1. The van der Waals surface area contributed by atoms with Gasteiger partial charge in [0.25, 0.3) is 0 Å². The lowest BCUT2D eigenvalue weighted by atomic mass is 9.67. The van der Waals surface area contributed by atoms with Crippen molar-refractivity contribution in [2.24, 2.45) is 0 Å². The number of benzene rings is 8. The van der Waals surface area contributed by atoms with Crippen LogP contribution >= 0.6 is 11.3 Å². The highest BCUT2D eigenvalue weighted by atomic mass is 32.1. The standard InChI is InChI=1S/C57H36N4S/c1-5-18-37(19-6-1)54-59-55(38-20-7-2-8-21-38)61-56(60-54)47-36-39(32-33-43(47)44-34-35-58-52-46-27-14-16-31-50(46)62-53(44)52)42-28-17-30-49-51(42)45-26-13-15-29-48(45)57(49,40-22-9-3-10-23-40)41-24-11-4-12-25-41/h1-36H. The Balaban J connectivity index is 1.15. The first-order valence-corrected chi connectivity index (χ1v) is 21.7. The summed E-state index contributed by atoms with van der Waals surface area (Å²) in [5, 5.41) is 1.16. The number of hydrogen-bond donors (Lipinski definition) is 0. The van der Waals surface area contributed by atoms with E-state index in [0.29, 0.717) is 17.5 Å². The Morgan fingerprint density at radius 3 is 1.63 bits per heavy atom. The second-order valence-electron chi connectivity index (χ2n) is 15.7. The van der Waals surface area contributed by atoms with Crippen LogP contribution in [0.3, 0.4) is 0 Å². The minimum atomic E-state index is -0.513. The number of hydrogen-bond acceptors (Lipinski definition) is 5. The average molecular weight is 809 g/mol. The molecule has 8 aromatic carbocycles. The normalized spacial score (nSPS) is 12.6. The summed E-state index contributed by atoms with van der Waals surface area (Å²) in [6, 6.07) is 75.6. The van der Waals surface area contributed by atoms with Gasteiger partial charge in [-0.05, 0) is 68.3 Å². The largest absolute Gasteiger partial charge is 0.255 e. The van der Waals surface area contributed by atoms with Gasteiger partial charge in [-0.15, -0.1) is 11.3 Å². The molecule has 5 heteroatoms. The summed E-state index contributed by atoms with van der Waals surface area (Å²) in [6.45, 7) is 0. The van der Waals surface area contributed by atoms with Gasteiger partial charge in [-0.25, -0.2) is 15.0 Å². The van der Waals surface area contributed by atoms with Crippen molar-refractivity contribution < 1.29 is 0 Å². The lowest BCUT2D eigenvalue weighted by Crippen LogP contribution is -2.28. The second kappa shape index (κ2) is 14.7. The molecule has 1 aliphatic rings. The van der Waals surface area contributed by atoms with Crippen LogP contribution < -0.4 is 0 Å². The first-order chi connectivity index (χ1) is 30.8. The molecule has 62 heavy (non-hydrogen) atoms. The molecule has 0 bridgehead atoms. The number of aromatic nitrogens is 4. The molecule has 0 spiro atoms. The molecule has 1 aliphatic carbocycles. The van der Waals surface area contributed by atoms with E-state index in [-0.39, 0.29) is 0 Å². The molecule has 0 amide bonds. The Bertz CT molecular complexity index is 3360. The summed E-state index contributed by atoms with van der Waals surface area (Å²) < 4.78 is 2.34. The molecular formula is C57H36N4S. The van der Waals surface area contributed by atoms with E-state index < -0.39 is 5.41 Å². The van der Waals surface area contributed by atoms with E-state index in [1.165, 1.54) is 38.1 Å². The predicted molar refractivity (Wildman–Crippen MR) is 255 cm³/mol. The highest BCUT2D eigenvalue weighted by Crippen LogP contribution is 2.58. The van der Waals surface area contributed by atoms with Gasteiger partial charge in [0.2, 0.25) is 0 Å². The maximum Gasteiger partial charge on any atom is 0.164 e. The molecule has 0 aliphatic heterocycles. The van der Waals surface area contributed by atoms with Gasteiger partial charge in [0.05, 0.1) is 15.6 Å². The third-order valence-corrected chi connectivity index (χ3v) is 13.5. The van der Waals surface area contributed by atoms with Gasteiger partial charge < -0.3 is 0 Å². The van der Waals surface area contributed by atoms with Crippen molar-refractivity contribution in [3.8, 4) is 67.5 Å². The van der Waals surface area contributed by atoms with E-state index in [4.69, 9.17) is 19.9 Å². The first kappa shape index (κ1) is 36.0. The zero-order chi connectivity index (χ0) is 41.0. The minimum absolute atomic E-state index is 0.513. The van der Waals surface area contributed by atoms with Gasteiger partial charge in [-0.1, -0.05) is 194 Å². The van der Waals surface area contributed by atoms with Gasteiger partial charge in [0.1, 0.15) is 0 Å². The number of pyridine rings is 1. The second-order valence-corrected chi connectivity index (χ2v) is 16.7. The Morgan fingerprint density at radius 2 is 0.935 bits per heavy atom. The molecule has 3 heterocycles. The number of fused-ring (bicyclic) bond motifs is 6. The highest BCUT2D eigenvalue weighted by Gasteiger charge is 2.46. The van der Waals surface area contributed by atoms with Crippen LogP contribution in [0.25, 0.3) is 87.8 Å². The van der Waals surface area contributed by atoms with E-state index in [0.717, 1.165) is 54.5 Å². The fourth-order valence-electron chi connectivity index (χ4n) is 9.61. The molecule has 0 saturated heterocycles. The monoisotopic (exact) mass is 808 g/mol. The maximum atomic E-state index is 5.32. The molecule has 3 aromatic heterocycles. The third-order valence-electron chi connectivity index (χ3n) is 12.3. The minimum Gasteiger partial charge on any atom is -0.255 e. The molecule has 0 atom stereocenters. The van der Waals surface area contributed by atoms with Crippen LogP contribution in [-0.4, -0.2) is 19.9 Å². The molecule has 290 valence electrons. The molecule has 0 unspecified atom stereocenters. The van der Waals surface area contributed by atoms with Crippen molar-refractivity contribution in [3.05, 3.63) is 241 Å². The lowest BCUT2D eigenvalue weighted by molar-refractivity contribution is 0.768. The number of thiophene rings is 1. The summed E-state index contributed by atoms with van der Waals surface area (Å²) in [5.74, 6) is 1.85. The first-order valence-electron chi connectivity index (χ1n) is 20.9. The lowest BCUT2D eigenvalue weighted by Gasteiger charge is -2.34. The molecule has 0 fully saturated rings. The highest BCUT2D eigenvalue weighted by molar-refractivity contribution is 7.26. The summed E-state index contributed by atoms with van der Waals surface area (Å²) in [5.41, 5.74) is 15.1. The van der Waals surface area contributed by atoms with E-state index in [2.05, 4.69) is 176 Å². The van der Waals surface area contributed by atoms with Gasteiger partial charge in [-0.2, -0.15) is 0 Å². The van der Waals surface area contributed by atoms with E-state index >= 15 is 0 Å². The zero-order valence-electron chi connectivity index (χ0n) is 33.5. The molecule has 11 aromatic rings. The van der Waals surface area contributed by atoms with Crippen LogP contribution in [0, 0.1) is 0 Å². The van der Waals surface area contributed by atoms with E-state index in [1.54, 1.807) is 11.3 Å². The maximum absolute atomic E-state index is 5.32. The Hall–Kier alpha value is -7.86. The molecule has 0 radical (unpaired) electrons. The van der Waals surface area contributed by atoms with Crippen molar-refractivity contribution in [1.82, 2.24) is 19.9 Å². The topological polar surface area (TPSA) is 51.6 Å². The summed E-state index contributed by atoms with van der Waals surface area (Å²) in [6.07, 6.45) is 1.93. The van der Waals surface area contributed by atoms with E-state index in [9.17, 15) is 0 Å². The van der Waals surface area contributed by atoms with Crippen LogP contribution in [-0.2, 0) is 5.41 Å². The van der Waals surface area contributed by atoms with E-state index in [1.807, 2.05) is 42.6 Å². The third kappa shape index (κ3) is 5.67. The Kier molecular flexibility index (Phi) is 8.54. The van der Waals surface area contributed by atoms with Crippen molar-refractivity contribution >= 4 is 31.6 Å². The summed E-state index contributed by atoms with van der Waals surface area (Å²) in [7, 11) is 0. The van der Waals surface area contributed by atoms with Crippen LogP contribution in [0.1, 0.15) is 22.3 Å². The Labute approximate surface area is 363 Å². The van der Waals surface area contributed by atoms with Crippen LogP contribution in [0.2, 0.25) is 0 Å². The summed E-state index contributed by atoms with van der Waals surface area (Å²) >= 11 is 1.78. The average Bonchev–Trinajstić information content (AvgIpc) is 3.89. The smallest absolute Gasteiger partial charge is 0.164 e. The molecule has 0 N–H and O–H groups in total. The van der Waals surface area contributed by atoms with Gasteiger partial charge in [-0.3, -0.25) is 4.98 Å². The number of nitrogens with zero attached hydrogens (tertiary/aromatic N) is 4. The van der Waals surface area contributed by atoms with Crippen LogP contribution in [0.5, 0.6) is 0 Å². The Morgan fingerprint density at radius 1 is 0.371 bits per heavy atom.